The van der Waals surface area contributed by atoms with Crippen LogP contribution >= 0.6 is 0 Å². The number of carbonyl (C=O) groups excluding carboxylic acids is 1. The second-order valence-electron chi connectivity index (χ2n) is 7.62. The molecule has 0 bridgehead atoms. The third kappa shape index (κ3) is 8.22. The van der Waals surface area contributed by atoms with Crippen LogP contribution in [0.4, 0.5) is 18.0 Å². The molecule has 2 aromatic carbocycles. The summed E-state index contributed by atoms with van der Waals surface area (Å²) in [6.45, 7) is 3.14. The minimum Gasteiger partial charge on any atom is -0.493 e. The number of alkyl halides is 3. The fourth-order valence-corrected chi connectivity index (χ4v) is 3.23. The lowest BCUT2D eigenvalue weighted by molar-refractivity contribution is -0.274. The van der Waals surface area contributed by atoms with Crippen LogP contribution < -0.4 is 14.2 Å². The molecule has 0 saturated heterocycles. The number of aliphatic carboxylic acids is 1. The Balaban J connectivity index is 1.59. The summed E-state index contributed by atoms with van der Waals surface area (Å²) in [6, 6.07) is 11.0. The zero-order chi connectivity index (χ0) is 26.3. The number of ether oxygens (including phenoxy) is 3. The Kier molecular flexibility index (Phi) is 8.41. The second kappa shape index (κ2) is 11.5. The van der Waals surface area contributed by atoms with Gasteiger partial charge in [0, 0.05) is 26.0 Å². The zero-order valence-electron chi connectivity index (χ0n) is 19.4. The molecule has 0 aliphatic rings. The number of nitrogens with zero attached hydrogens (tertiary/aromatic N) is 2. The van der Waals surface area contributed by atoms with Crippen LogP contribution in [0.1, 0.15) is 22.9 Å². The molecule has 0 fully saturated rings. The lowest BCUT2D eigenvalue weighted by Crippen LogP contribution is -2.37. The third-order valence-electron chi connectivity index (χ3n) is 4.73. The van der Waals surface area contributed by atoms with Gasteiger partial charge in [0.25, 0.3) is 0 Å². The highest BCUT2D eigenvalue weighted by Crippen LogP contribution is 2.26. The third-order valence-corrected chi connectivity index (χ3v) is 4.73. The highest BCUT2D eigenvalue weighted by Gasteiger charge is 2.31. The molecule has 1 aromatic heterocycles. The predicted molar refractivity (Wildman–Crippen MR) is 119 cm³/mol. The van der Waals surface area contributed by atoms with E-state index in [4.69, 9.17) is 13.9 Å². The lowest BCUT2D eigenvalue weighted by atomic mass is 10.2. The minimum absolute atomic E-state index is 0.123. The number of aromatic nitrogens is 1. The fourth-order valence-electron chi connectivity index (χ4n) is 3.23. The summed E-state index contributed by atoms with van der Waals surface area (Å²) in [4.78, 5) is 29.0. The van der Waals surface area contributed by atoms with Crippen LogP contribution in [-0.4, -0.2) is 46.6 Å². The van der Waals surface area contributed by atoms with Gasteiger partial charge in [-0.3, -0.25) is 9.69 Å². The first-order chi connectivity index (χ1) is 17.0. The van der Waals surface area contributed by atoms with E-state index in [1.165, 1.54) is 12.1 Å². The maximum absolute atomic E-state index is 12.6. The molecule has 0 saturated carbocycles. The highest BCUT2D eigenvalue weighted by atomic mass is 19.4. The molecule has 192 valence electrons. The maximum Gasteiger partial charge on any atom is 0.573 e. The molecule has 0 aliphatic heterocycles. The zero-order valence-corrected chi connectivity index (χ0v) is 19.4. The van der Waals surface area contributed by atoms with Crippen LogP contribution in [0.5, 0.6) is 17.2 Å². The van der Waals surface area contributed by atoms with Crippen molar-refractivity contribution in [2.24, 2.45) is 0 Å². The Morgan fingerprint density at radius 2 is 1.75 bits per heavy atom. The number of rotatable bonds is 10. The van der Waals surface area contributed by atoms with E-state index in [9.17, 15) is 27.9 Å². The van der Waals surface area contributed by atoms with Crippen LogP contribution in [0.3, 0.4) is 0 Å². The van der Waals surface area contributed by atoms with E-state index in [0.29, 0.717) is 30.2 Å². The van der Waals surface area contributed by atoms with Crippen molar-refractivity contribution in [2.45, 2.75) is 33.2 Å². The molecular formula is C24H23F3N2O7. The molecule has 0 spiro atoms. The van der Waals surface area contributed by atoms with Crippen molar-refractivity contribution in [1.29, 1.82) is 0 Å². The smallest absolute Gasteiger partial charge is 0.493 e. The highest BCUT2D eigenvalue weighted by molar-refractivity contribution is 5.78. The first-order valence-corrected chi connectivity index (χ1v) is 10.7. The number of benzene rings is 2. The first-order valence-electron chi connectivity index (χ1n) is 10.7. The molecule has 0 aliphatic carbocycles. The summed E-state index contributed by atoms with van der Waals surface area (Å²) >= 11 is 0. The van der Waals surface area contributed by atoms with Crippen molar-refractivity contribution in [2.75, 3.05) is 13.2 Å². The van der Waals surface area contributed by atoms with Gasteiger partial charge < -0.3 is 23.7 Å². The maximum atomic E-state index is 12.6. The van der Waals surface area contributed by atoms with Crippen molar-refractivity contribution in [1.82, 2.24) is 9.88 Å². The number of hydrogen-bond acceptors (Lipinski definition) is 7. The average molecular weight is 508 g/mol. The van der Waals surface area contributed by atoms with Gasteiger partial charge in [0.2, 0.25) is 0 Å². The Morgan fingerprint density at radius 1 is 1.06 bits per heavy atom. The number of carbonyl (C=O) groups is 2. The van der Waals surface area contributed by atoms with E-state index in [1.807, 2.05) is 6.92 Å². The van der Waals surface area contributed by atoms with E-state index in [0.717, 1.165) is 28.5 Å². The van der Waals surface area contributed by atoms with Crippen LogP contribution in [0.2, 0.25) is 0 Å². The topological polar surface area (TPSA) is 111 Å². The number of amides is 1. The van der Waals surface area contributed by atoms with Gasteiger partial charge in [0.1, 0.15) is 29.6 Å². The van der Waals surface area contributed by atoms with Gasteiger partial charge in [-0.15, -0.1) is 13.2 Å². The number of hydrogen-bond donors (Lipinski definition) is 1. The quantitative estimate of drug-likeness (QED) is 0.412. The minimum atomic E-state index is -4.91. The van der Waals surface area contributed by atoms with Crippen molar-refractivity contribution in [3.63, 3.8) is 0 Å². The van der Waals surface area contributed by atoms with Gasteiger partial charge >= 0.3 is 18.4 Å². The Bertz CT molecular complexity index is 1190. The Morgan fingerprint density at radius 3 is 2.36 bits per heavy atom. The van der Waals surface area contributed by atoms with E-state index in [2.05, 4.69) is 9.72 Å². The molecule has 3 aromatic rings. The van der Waals surface area contributed by atoms with E-state index < -0.39 is 30.7 Å². The van der Waals surface area contributed by atoms with E-state index in [1.54, 1.807) is 31.2 Å². The Hall–Kier alpha value is -4.22. The number of carboxylic acid groups (broad SMARTS) is 1. The van der Waals surface area contributed by atoms with Crippen LogP contribution in [0, 0.1) is 13.8 Å². The number of carboxylic acids is 1. The van der Waals surface area contributed by atoms with Crippen LogP contribution in [-0.2, 0) is 17.8 Å². The second-order valence-corrected chi connectivity index (χ2v) is 7.62. The largest absolute Gasteiger partial charge is 0.573 e. The molecule has 1 amide bonds. The molecule has 12 heteroatoms. The van der Waals surface area contributed by atoms with Gasteiger partial charge in [0.15, 0.2) is 5.89 Å². The molecular weight excluding hydrogens is 485 g/mol. The van der Waals surface area contributed by atoms with Gasteiger partial charge in [-0.05, 0) is 36.8 Å². The fraction of sp³-hybridized carbons (Fsp3) is 0.292. The predicted octanol–water partition coefficient (Wildman–Crippen LogP) is 4.90. The van der Waals surface area contributed by atoms with Gasteiger partial charge in [-0.1, -0.05) is 18.2 Å². The van der Waals surface area contributed by atoms with Crippen molar-refractivity contribution in [3.05, 3.63) is 71.4 Å². The van der Waals surface area contributed by atoms with Crippen molar-refractivity contribution < 1.29 is 46.5 Å². The molecule has 3 rings (SSSR count). The standard InChI is InChI=1S/C24H23F3N2O7/c1-15-21(28-16(2)34-15)10-11-33-18-8-6-17(7-9-18)13-29(14-22(30)31)23(32)35-19-4-3-5-20(12-19)36-24(25,26)27/h3-9,12H,10-11,13-14H2,1-2H3,(H,30,31). The number of aryl methyl sites for hydroxylation is 2. The summed E-state index contributed by atoms with van der Waals surface area (Å²) in [5.41, 5.74) is 1.39. The Labute approximate surface area is 204 Å². The van der Waals surface area contributed by atoms with E-state index in [-0.39, 0.29) is 12.3 Å². The normalized spacial score (nSPS) is 11.1. The lowest BCUT2D eigenvalue weighted by Gasteiger charge is -2.20. The summed E-state index contributed by atoms with van der Waals surface area (Å²) in [6.07, 6.45) is -5.42. The monoisotopic (exact) mass is 508 g/mol. The number of oxazole rings is 1. The molecule has 9 nitrogen and oxygen atoms in total. The first kappa shape index (κ1) is 26.4. The summed E-state index contributed by atoms with van der Waals surface area (Å²) in [7, 11) is 0. The summed E-state index contributed by atoms with van der Waals surface area (Å²) < 4.78 is 57.2. The van der Waals surface area contributed by atoms with Crippen LogP contribution in [0.25, 0.3) is 0 Å². The van der Waals surface area contributed by atoms with Crippen molar-refractivity contribution in [3.8, 4) is 17.2 Å². The van der Waals surface area contributed by atoms with E-state index >= 15 is 0 Å². The van der Waals surface area contributed by atoms with Gasteiger partial charge in [-0.25, -0.2) is 9.78 Å². The SMILES string of the molecule is Cc1nc(CCOc2ccc(CN(CC(=O)O)C(=O)Oc3cccc(OC(F)(F)F)c3)cc2)c(C)o1. The molecule has 0 radical (unpaired) electrons. The summed E-state index contributed by atoms with van der Waals surface area (Å²) in [5, 5.41) is 9.18. The molecule has 1 N–H and O–H groups in total. The average Bonchev–Trinajstić information content (AvgIpc) is 3.10. The van der Waals surface area contributed by atoms with Crippen molar-refractivity contribution >= 4 is 12.1 Å². The van der Waals surface area contributed by atoms with Gasteiger partial charge in [0.05, 0.1) is 12.3 Å². The summed E-state index contributed by atoms with van der Waals surface area (Å²) in [5.74, 6) is -0.236. The van der Waals surface area contributed by atoms with Gasteiger partial charge in [-0.2, -0.15) is 0 Å². The number of halogens is 3. The molecule has 0 atom stereocenters. The molecule has 36 heavy (non-hydrogen) atoms. The van der Waals surface area contributed by atoms with Crippen LogP contribution in [0.15, 0.2) is 52.9 Å². The molecule has 1 heterocycles. The molecule has 0 unspecified atom stereocenters.